The number of hydrogen-bond donors (Lipinski definition) is 1. The van der Waals surface area contributed by atoms with E-state index < -0.39 is 0 Å². The van der Waals surface area contributed by atoms with Crippen LogP contribution in [0.3, 0.4) is 0 Å². The first-order valence-corrected chi connectivity index (χ1v) is 5.68. The van der Waals surface area contributed by atoms with Gasteiger partial charge in [-0.15, -0.1) is 0 Å². The third-order valence-electron chi connectivity index (χ3n) is 3.26. The van der Waals surface area contributed by atoms with Gasteiger partial charge in [-0.2, -0.15) is 5.10 Å². The molecule has 1 saturated heterocycles. The molecular weight excluding hydrogens is 204 g/mol. The molecule has 1 fully saturated rings. The van der Waals surface area contributed by atoms with Crippen molar-refractivity contribution in [1.29, 1.82) is 0 Å². The Morgan fingerprint density at radius 2 is 2.38 bits per heavy atom. The Morgan fingerprint density at radius 3 is 3.06 bits per heavy atom. The molecule has 0 saturated carbocycles. The van der Waals surface area contributed by atoms with Crippen molar-refractivity contribution in [2.75, 3.05) is 7.05 Å². The molecule has 0 aliphatic carbocycles. The van der Waals surface area contributed by atoms with Crippen LogP contribution in [0, 0.1) is 0 Å². The topological polar surface area (TPSA) is 64.2 Å². The molecule has 1 aliphatic rings. The summed E-state index contributed by atoms with van der Waals surface area (Å²) in [6, 6.07) is 1.91. The van der Waals surface area contributed by atoms with Crippen LogP contribution in [0.15, 0.2) is 12.3 Å². The number of amides is 1. The van der Waals surface area contributed by atoms with E-state index >= 15 is 0 Å². The minimum Gasteiger partial charge on any atom is -0.336 e. The zero-order chi connectivity index (χ0) is 11.7. The van der Waals surface area contributed by atoms with E-state index in [1.165, 1.54) is 0 Å². The predicted octanol–water partition coefficient (Wildman–Crippen LogP) is 0.524. The lowest BCUT2D eigenvalue weighted by atomic mass is 9.94. The molecular formula is C11H18N4O. The van der Waals surface area contributed by atoms with Crippen LogP contribution in [0.25, 0.3) is 0 Å². The summed E-state index contributed by atoms with van der Waals surface area (Å²) in [6.07, 6.45) is 3.07. The van der Waals surface area contributed by atoms with Gasteiger partial charge < -0.3 is 10.6 Å². The van der Waals surface area contributed by atoms with Crippen LogP contribution in [0.2, 0.25) is 0 Å². The molecule has 16 heavy (non-hydrogen) atoms. The fourth-order valence-electron chi connectivity index (χ4n) is 2.34. The van der Waals surface area contributed by atoms with Gasteiger partial charge in [0.05, 0.1) is 11.7 Å². The van der Waals surface area contributed by atoms with Gasteiger partial charge in [0.25, 0.3) is 0 Å². The lowest BCUT2D eigenvalue weighted by Crippen LogP contribution is -2.47. The van der Waals surface area contributed by atoms with E-state index in [1.807, 2.05) is 24.7 Å². The highest BCUT2D eigenvalue weighted by atomic mass is 16.2. The highest BCUT2D eigenvalue weighted by molar-refractivity contribution is 5.77. The van der Waals surface area contributed by atoms with Gasteiger partial charge >= 0.3 is 0 Å². The first-order chi connectivity index (χ1) is 7.65. The standard InChI is InChI=1S/C11H18N4O/c1-3-15-9(6-7-13-15)11-8(12)4-5-10(16)14(11)2/h6-8,11H,3-5,12H2,1-2H3. The number of carbonyl (C=O) groups is 1. The molecule has 1 aromatic rings. The Labute approximate surface area is 95.2 Å². The molecule has 1 aromatic heterocycles. The van der Waals surface area contributed by atoms with Gasteiger partial charge in [0.15, 0.2) is 0 Å². The number of carbonyl (C=O) groups excluding carboxylic acids is 1. The minimum atomic E-state index is -0.0382. The second-order valence-corrected chi connectivity index (χ2v) is 4.22. The van der Waals surface area contributed by atoms with Crippen molar-refractivity contribution in [1.82, 2.24) is 14.7 Å². The zero-order valence-electron chi connectivity index (χ0n) is 9.76. The Kier molecular flexibility index (Phi) is 2.96. The summed E-state index contributed by atoms with van der Waals surface area (Å²) >= 11 is 0. The lowest BCUT2D eigenvalue weighted by molar-refractivity contribution is -0.135. The van der Waals surface area contributed by atoms with E-state index in [-0.39, 0.29) is 18.0 Å². The maximum atomic E-state index is 11.7. The maximum absolute atomic E-state index is 11.7. The van der Waals surface area contributed by atoms with Crippen LogP contribution < -0.4 is 5.73 Å². The van der Waals surface area contributed by atoms with E-state index in [0.717, 1.165) is 18.7 Å². The molecule has 88 valence electrons. The Morgan fingerprint density at radius 1 is 1.62 bits per heavy atom. The van der Waals surface area contributed by atoms with Crippen molar-refractivity contribution in [3.63, 3.8) is 0 Å². The van der Waals surface area contributed by atoms with E-state index in [9.17, 15) is 4.79 Å². The highest BCUT2D eigenvalue weighted by Crippen LogP contribution is 2.29. The van der Waals surface area contributed by atoms with Crippen molar-refractivity contribution in [2.24, 2.45) is 5.73 Å². The molecule has 1 aliphatic heterocycles. The molecule has 0 spiro atoms. The quantitative estimate of drug-likeness (QED) is 0.793. The van der Waals surface area contributed by atoms with E-state index in [2.05, 4.69) is 5.10 Å². The Balaban J connectivity index is 2.33. The fraction of sp³-hybridized carbons (Fsp3) is 0.636. The highest BCUT2D eigenvalue weighted by Gasteiger charge is 2.34. The predicted molar refractivity (Wildman–Crippen MR) is 60.6 cm³/mol. The molecule has 2 atom stereocenters. The summed E-state index contributed by atoms with van der Waals surface area (Å²) in [7, 11) is 1.82. The van der Waals surface area contributed by atoms with Crippen molar-refractivity contribution in [2.45, 2.75) is 38.4 Å². The minimum absolute atomic E-state index is 0.00435. The maximum Gasteiger partial charge on any atom is 0.222 e. The van der Waals surface area contributed by atoms with Crippen LogP contribution in [0.1, 0.15) is 31.5 Å². The molecule has 0 bridgehead atoms. The smallest absolute Gasteiger partial charge is 0.222 e. The van der Waals surface area contributed by atoms with Gasteiger partial charge in [-0.1, -0.05) is 0 Å². The van der Waals surface area contributed by atoms with Gasteiger partial charge in [-0.05, 0) is 19.4 Å². The normalized spacial score (nSPS) is 26.2. The Bertz CT molecular complexity index is 387. The van der Waals surface area contributed by atoms with Crippen LogP contribution in [-0.4, -0.2) is 33.7 Å². The number of nitrogens with zero attached hydrogens (tertiary/aromatic N) is 3. The number of rotatable bonds is 2. The SMILES string of the molecule is CCn1nccc1C1C(N)CCC(=O)N1C. The van der Waals surface area contributed by atoms with Crippen molar-refractivity contribution >= 4 is 5.91 Å². The van der Waals surface area contributed by atoms with Crippen LogP contribution in [-0.2, 0) is 11.3 Å². The Hall–Kier alpha value is -1.36. The number of hydrogen-bond acceptors (Lipinski definition) is 3. The average Bonchev–Trinajstić information content (AvgIpc) is 2.72. The molecule has 1 amide bonds. The third kappa shape index (κ3) is 1.71. The van der Waals surface area contributed by atoms with Crippen molar-refractivity contribution in [3.8, 4) is 0 Å². The summed E-state index contributed by atoms with van der Waals surface area (Å²) in [5, 5.41) is 4.23. The molecule has 2 heterocycles. The van der Waals surface area contributed by atoms with Gasteiger partial charge in [0.2, 0.25) is 5.91 Å². The van der Waals surface area contributed by atoms with E-state index in [4.69, 9.17) is 5.73 Å². The van der Waals surface area contributed by atoms with Gasteiger partial charge in [0, 0.05) is 32.3 Å². The number of piperidine rings is 1. The zero-order valence-corrected chi connectivity index (χ0v) is 9.76. The molecule has 2 unspecified atom stereocenters. The lowest BCUT2D eigenvalue weighted by Gasteiger charge is -2.37. The molecule has 5 nitrogen and oxygen atoms in total. The third-order valence-corrected chi connectivity index (χ3v) is 3.26. The van der Waals surface area contributed by atoms with Crippen molar-refractivity contribution < 1.29 is 4.79 Å². The molecule has 2 rings (SSSR count). The van der Waals surface area contributed by atoms with E-state index in [1.54, 1.807) is 11.1 Å². The van der Waals surface area contributed by atoms with Crippen LogP contribution in [0.4, 0.5) is 0 Å². The molecule has 2 N–H and O–H groups in total. The monoisotopic (exact) mass is 222 g/mol. The summed E-state index contributed by atoms with van der Waals surface area (Å²) in [5.41, 5.74) is 7.14. The van der Waals surface area contributed by atoms with Crippen LogP contribution in [0.5, 0.6) is 0 Å². The summed E-state index contributed by atoms with van der Waals surface area (Å²) in [5.74, 6) is 0.163. The first-order valence-electron chi connectivity index (χ1n) is 5.68. The summed E-state index contributed by atoms with van der Waals surface area (Å²) in [4.78, 5) is 13.4. The largest absolute Gasteiger partial charge is 0.336 e. The number of nitrogens with two attached hydrogens (primary N) is 1. The number of likely N-dealkylation sites (N-methyl/N-ethyl adjacent to an activating group) is 1. The van der Waals surface area contributed by atoms with E-state index in [0.29, 0.717) is 6.42 Å². The fourth-order valence-corrected chi connectivity index (χ4v) is 2.34. The molecule has 0 radical (unpaired) electrons. The van der Waals surface area contributed by atoms with Gasteiger partial charge in [-0.25, -0.2) is 0 Å². The number of aromatic nitrogens is 2. The van der Waals surface area contributed by atoms with Gasteiger partial charge in [-0.3, -0.25) is 9.48 Å². The summed E-state index contributed by atoms with van der Waals surface area (Å²) < 4.78 is 1.90. The van der Waals surface area contributed by atoms with Crippen molar-refractivity contribution in [3.05, 3.63) is 18.0 Å². The summed E-state index contributed by atoms with van der Waals surface area (Å²) in [6.45, 7) is 2.83. The first kappa shape index (κ1) is 11.1. The average molecular weight is 222 g/mol. The second kappa shape index (κ2) is 4.25. The number of likely N-dealkylation sites (tertiary alicyclic amines) is 1. The molecule has 5 heteroatoms. The second-order valence-electron chi connectivity index (χ2n) is 4.22. The molecule has 0 aromatic carbocycles. The van der Waals surface area contributed by atoms with Crippen LogP contribution >= 0.6 is 0 Å². The van der Waals surface area contributed by atoms with Gasteiger partial charge in [0.1, 0.15) is 0 Å². The number of aryl methyl sites for hydroxylation is 1.